The highest BCUT2D eigenvalue weighted by Gasteiger charge is 2.16. The second-order valence-corrected chi connectivity index (χ2v) is 4.42. The van der Waals surface area contributed by atoms with E-state index in [1.165, 1.54) is 22.5 Å². The zero-order chi connectivity index (χ0) is 15.0. The number of aromatic nitrogens is 6. The molecule has 3 heterocycles. The van der Waals surface area contributed by atoms with Gasteiger partial charge in [-0.2, -0.15) is 0 Å². The van der Waals surface area contributed by atoms with Gasteiger partial charge < -0.3 is 4.57 Å². The maximum Gasteiger partial charge on any atom is 0.277 e. The van der Waals surface area contributed by atoms with Crippen LogP contribution in [0.25, 0.3) is 10.9 Å². The van der Waals surface area contributed by atoms with Crippen molar-refractivity contribution in [3.05, 3.63) is 40.4 Å². The van der Waals surface area contributed by atoms with Gasteiger partial charge >= 0.3 is 0 Å². The van der Waals surface area contributed by atoms with Crippen molar-refractivity contribution < 1.29 is 4.79 Å². The summed E-state index contributed by atoms with van der Waals surface area (Å²) in [5, 5.41) is 13.9. The number of rotatable bonds is 2. The summed E-state index contributed by atoms with van der Waals surface area (Å²) in [7, 11) is 3.11. The lowest BCUT2D eigenvalue weighted by atomic mass is 10.2. The maximum absolute atomic E-state index is 12.3. The summed E-state index contributed by atoms with van der Waals surface area (Å²) in [6.07, 6.45) is 1.54. The van der Waals surface area contributed by atoms with Gasteiger partial charge in [0.05, 0.1) is 0 Å². The van der Waals surface area contributed by atoms with Crippen LogP contribution in [0.4, 0.5) is 5.95 Å². The van der Waals surface area contributed by atoms with Crippen LogP contribution in [0, 0.1) is 0 Å². The number of hydrogen-bond donors (Lipinski definition) is 1. The number of nitrogens with one attached hydrogen (secondary N) is 1. The topological polar surface area (TPSA) is 108 Å². The zero-order valence-corrected chi connectivity index (χ0v) is 11.3. The standard InChI is InChI=1S/C12H11N7O2/c1-18-8(10(20)14-12-15-16-17-19(12)2)6-7-4-3-5-13-9(7)11(18)21/h3-6H,1-2H3,(H,14,15,17,20). The van der Waals surface area contributed by atoms with Gasteiger partial charge in [-0.05, 0) is 22.6 Å². The maximum atomic E-state index is 12.3. The molecule has 9 nitrogen and oxygen atoms in total. The molecule has 0 saturated carbocycles. The summed E-state index contributed by atoms with van der Waals surface area (Å²) in [6.45, 7) is 0. The van der Waals surface area contributed by atoms with Crippen LogP contribution in [0.5, 0.6) is 0 Å². The molecular formula is C12H11N7O2. The minimum atomic E-state index is -0.474. The Hall–Kier alpha value is -3.10. The van der Waals surface area contributed by atoms with Crippen LogP contribution in [-0.4, -0.2) is 35.7 Å². The highest BCUT2D eigenvalue weighted by molar-refractivity contribution is 6.03. The molecule has 106 valence electrons. The Labute approximate surface area is 118 Å². The van der Waals surface area contributed by atoms with Crippen LogP contribution in [0.1, 0.15) is 10.5 Å². The first-order valence-corrected chi connectivity index (χ1v) is 6.06. The number of carbonyl (C=O) groups excluding carboxylic acids is 1. The molecule has 21 heavy (non-hydrogen) atoms. The smallest absolute Gasteiger partial charge is 0.277 e. The van der Waals surface area contributed by atoms with Crippen LogP contribution in [-0.2, 0) is 14.1 Å². The Kier molecular flexibility index (Phi) is 2.94. The van der Waals surface area contributed by atoms with Crippen molar-refractivity contribution >= 4 is 22.8 Å². The van der Waals surface area contributed by atoms with Gasteiger partial charge in [0.25, 0.3) is 11.5 Å². The lowest BCUT2D eigenvalue weighted by Crippen LogP contribution is -2.27. The number of aryl methyl sites for hydroxylation is 1. The third-order valence-electron chi connectivity index (χ3n) is 3.08. The number of carbonyl (C=O) groups is 1. The summed E-state index contributed by atoms with van der Waals surface area (Å²) in [5.74, 6) is -0.281. The van der Waals surface area contributed by atoms with Crippen LogP contribution in [0.15, 0.2) is 29.2 Å². The second kappa shape index (κ2) is 4.78. The quantitative estimate of drug-likeness (QED) is 0.693. The summed E-state index contributed by atoms with van der Waals surface area (Å²) in [5.41, 5.74) is 0.176. The molecule has 0 spiro atoms. The largest absolute Gasteiger partial charge is 0.305 e. The summed E-state index contributed by atoms with van der Waals surface area (Å²) >= 11 is 0. The molecule has 1 N–H and O–H groups in total. The van der Waals surface area contributed by atoms with E-state index in [-0.39, 0.29) is 17.2 Å². The molecule has 0 saturated heterocycles. The molecule has 3 aromatic heterocycles. The molecule has 0 aliphatic rings. The minimum absolute atomic E-state index is 0.193. The summed E-state index contributed by atoms with van der Waals surface area (Å²) < 4.78 is 2.56. The van der Waals surface area contributed by atoms with E-state index in [0.29, 0.717) is 10.9 Å². The molecule has 0 aliphatic heterocycles. The Morgan fingerprint density at radius 3 is 2.86 bits per heavy atom. The van der Waals surface area contributed by atoms with Crippen molar-refractivity contribution in [1.82, 2.24) is 29.8 Å². The molecule has 0 aromatic carbocycles. The van der Waals surface area contributed by atoms with Crippen molar-refractivity contribution in [1.29, 1.82) is 0 Å². The number of anilines is 1. The fourth-order valence-corrected chi connectivity index (χ4v) is 1.94. The van der Waals surface area contributed by atoms with E-state index < -0.39 is 5.91 Å². The SMILES string of the molecule is Cn1nnnc1NC(=O)c1cc2cccnc2c(=O)n1C. The number of fused-ring (bicyclic) bond motifs is 1. The van der Waals surface area contributed by atoms with E-state index in [1.54, 1.807) is 25.2 Å². The van der Waals surface area contributed by atoms with E-state index in [0.717, 1.165) is 0 Å². The predicted octanol–water partition coefficient (Wildman–Crippen LogP) is -0.291. The summed E-state index contributed by atoms with van der Waals surface area (Å²) in [6, 6.07) is 5.03. The van der Waals surface area contributed by atoms with Crippen molar-refractivity contribution in [2.45, 2.75) is 0 Å². The Balaban J connectivity index is 2.08. The van der Waals surface area contributed by atoms with Gasteiger partial charge in [0.1, 0.15) is 11.2 Å². The second-order valence-electron chi connectivity index (χ2n) is 4.42. The van der Waals surface area contributed by atoms with Crippen molar-refractivity contribution in [2.24, 2.45) is 14.1 Å². The molecule has 0 radical (unpaired) electrons. The Bertz CT molecular complexity index is 896. The lowest BCUT2D eigenvalue weighted by Gasteiger charge is -2.09. The van der Waals surface area contributed by atoms with Crippen LogP contribution >= 0.6 is 0 Å². The third kappa shape index (κ3) is 2.14. The highest BCUT2D eigenvalue weighted by Crippen LogP contribution is 2.10. The van der Waals surface area contributed by atoms with Crippen molar-refractivity contribution in [3.63, 3.8) is 0 Å². The van der Waals surface area contributed by atoms with Gasteiger partial charge in [0, 0.05) is 25.7 Å². The molecule has 0 aliphatic carbocycles. The number of nitrogens with zero attached hydrogens (tertiary/aromatic N) is 6. The van der Waals surface area contributed by atoms with E-state index in [4.69, 9.17) is 0 Å². The van der Waals surface area contributed by atoms with Gasteiger partial charge in [-0.3, -0.25) is 19.9 Å². The summed E-state index contributed by atoms with van der Waals surface area (Å²) in [4.78, 5) is 28.5. The van der Waals surface area contributed by atoms with Crippen molar-refractivity contribution in [2.75, 3.05) is 5.32 Å². The van der Waals surface area contributed by atoms with Crippen molar-refractivity contribution in [3.8, 4) is 0 Å². The van der Waals surface area contributed by atoms with E-state index in [2.05, 4.69) is 25.8 Å². The highest BCUT2D eigenvalue weighted by atomic mass is 16.2. The third-order valence-corrected chi connectivity index (χ3v) is 3.08. The number of hydrogen-bond acceptors (Lipinski definition) is 6. The predicted molar refractivity (Wildman–Crippen MR) is 73.7 cm³/mol. The monoisotopic (exact) mass is 285 g/mol. The first-order chi connectivity index (χ1) is 10.1. The van der Waals surface area contributed by atoms with Crippen LogP contribution in [0.3, 0.4) is 0 Å². The normalized spacial score (nSPS) is 10.8. The zero-order valence-electron chi connectivity index (χ0n) is 11.3. The van der Waals surface area contributed by atoms with E-state index in [9.17, 15) is 9.59 Å². The first-order valence-electron chi connectivity index (χ1n) is 6.06. The molecule has 0 unspecified atom stereocenters. The van der Waals surface area contributed by atoms with Gasteiger partial charge in [-0.15, -0.1) is 0 Å². The average molecular weight is 285 g/mol. The van der Waals surface area contributed by atoms with Crippen LogP contribution in [0.2, 0.25) is 0 Å². The van der Waals surface area contributed by atoms with Gasteiger partial charge in [-0.1, -0.05) is 11.2 Å². The molecule has 3 rings (SSSR count). The number of amides is 1. The van der Waals surface area contributed by atoms with Gasteiger partial charge in [0.2, 0.25) is 5.95 Å². The Morgan fingerprint density at radius 1 is 1.33 bits per heavy atom. The van der Waals surface area contributed by atoms with E-state index >= 15 is 0 Å². The average Bonchev–Trinajstić information content (AvgIpc) is 2.88. The molecule has 0 fully saturated rings. The van der Waals surface area contributed by atoms with E-state index in [1.807, 2.05) is 0 Å². The van der Waals surface area contributed by atoms with Gasteiger partial charge in [-0.25, -0.2) is 4.68 Å². The molecule has 0 bridgehead atoms. The lowest BCUT2D eigenvalue weighted by molar-refractivity contribution is 0.101. The fourth-order valence-electron chi connectivity index (χ4n) is 1.94. The number of tetrazole rings is 1. The molecule has 9 heteroatoms. The first kappa shape index (κ1) is 12.9. The van der Waals surface area contributed by atoms with Crippen LogP contribution < -0.4 is 10.9 Å². The molecule has 1 amide bonds. The minimum Gasteiger partial charge on any atom is -0.305 e. The molecule has 3 aromatic rings. The molecular weight excluding hydrogens is 274 g/mol. The Morgan fingerprint density at radius 2 is 2.14 bits per heavy atom. The fraction of sp³-hybridized carbons (Fsp3) is 0.167. The molecule has 0 atom stereocenters. The number of pyridine rings is 2. The van der Waals surface area contributed by atoms with Gasteiger partial charge in [0.15, 0.2) is 0 Å².